The van der Waals surface area contributed by atoms with Crippen molar-refractivity contribution in [3.8, 4) is 5.75 Å². The normalized spacial score (nSPS) is 10.8. The topological polar surface area (TPSA) is 35.2 Å². The maximum atomic E-state index is 5.60. The van der Waals surface area contributed by atoms with E-state index in [1.54, 1.807) is 6.08 Å². The van der Waals surface area contributed by atoms with Crippen LogP contribution in [0.4, 0.5) is 0 Å². The van der Waals surface area contributed by atoms with Crippen LogP contribution in [0.2, 0.25) is 0 Å². The lowest BCUT2D eigenvalue weighted by molar-refractivity contribution is 0.359. The quantitative estimate of drug-likeness (QED) is 0.831. The van der Waals surface area contributed by atoms with E-state index in [-0.39, 0.29) is 0 Å². The molecule has 0 fully saturated rings. The van der Waals surface area contributed by atoms with Crippen LogP contribution in [0, 0.1) is 6.92 Å². The molecule has 0 bridgehead atoms. The first kappa shape index (κ1) is 11.1. The molecule has 0 spiro atoms. The third-order valence-electron chi connectivity index (χ3n) is 1.86. The average molecular weight is 212 g/mol. The second-order valence-electron chi connectivity index (χ2n) is 2.99. The van der Waals surface area contributed by atoms with Crippen LogP contribution in [-0.4, -0.2) is 6.61 Å². The lowest BCUT2D eigenvalue weighted by Gasteiger charge is -2.09. The zero-order chi connectivity index (χ0) is 10.4. The van der Waals surface area contributed by atoms with Gasteiger partial charge >= 0.3 is 0 Å². The Labute approximate surface area is 89.3 Å². The molecule has 76 valence electrons. The van der Waals surface area contributed by atoms with Crippen LogP contribution in [0.3, 0.4) is 0 Å². The molecular weight excluding hydrogens is 198 g/mol. The summed E-state index contributed by atoms with van der Waals surface area (Å²) in [6, 6.07) is 5.96. The first-order chi connectivity index (χ1) is 6.77. The van der Waals surface area contributed by atoms with E-state index in [2.05, 4.69) is 0 Å². The highest BCUT2D eigenvalue weighted by atomic mass is 35.5. The molecule has 1 aromatic rings. The Morgan fingerprint density at radius 2 is 2.29 bits per heavy atom. The number of aryl methyl sites for hydroxylation is 1. The van der Waals surface area contributed by atoms with E-state index in [4.69, 9.17) is 22.1 Å². The molecule has 0 aliphatic rings. The summed E-state index contributed by atoms with van der Waals surface area (Å²) in [5.74, 6) is 0.827. The van der Waals surface area contributed by atoms with Crippen molar-refractivity contribution in [1.82, 2.24) is 0 Å². The van der Waals surface area contributed by atoms with Crippen molar-refractivity contribution >= 4 is 11.6 Å². The SMILES string of the molecule is Cc1ccc(OCC=CCl)c(CN)c1. The standard InChI is InChI=1S/C11H14ClNO/c1-9-3-4-11(10(7-9)8-13)14-6-2-5-12/h2-5,7H,6,8,13H2,1H3. The summed E-state index contributed by atoms with van der Waals surface area (Å²) in [6.45, 7) is 2.99. The van der Waals surface area contributed by atoms with Crippen molar-refractivity contribution in [2.24, 2.45) is 5.73 Å². The van der Waals surface area contributed by atoms with Crippen LogP contribution in [0.15, 0.2) is 29.8 Å². The second-order valence-corrected chi connectivity index (χ2v) is 3.24. The van der Waals surface area contributed by atoms with Gasteiger partial charge in [-0.05, 0) is 19.1 Å². The van der Waals surface area contributed by atoms with Gasteiger partial charge in [-0.3, -0.25) is 0 Å². The number of halogens is 1. The van der Waals surface area contributed by atoms with E-state index in [0.29, 0.717) is 13.2 Å². The fraction of sp³-hybridized carbons (Fsp3) is 0.273. The van der Waals surface area contributed by atoms with Crippen molar-refractivity contribution in [3.63, 3.8) is 0 Å². The van der Waals surface area contributed by atoms with Gasteiger partial charge in [0, 0.05) is 17.6 Å². The summed E-state index contributed by atoms with van der Waals surface area (Å²) in [7, 11) is 0. The third-order valence-corrected chi connectivity index (χ3v) is 2.04. The number of hydrogen-bond donors (Lipinski definition) is 1. The van der Waals surface area contributed by atoms with E-state index >= 15 is 0 Å². The first-order valence-corrected chi connectivity index (χ1v) is 4.89. The Hall–Kier alpha value is -0.990. The molecule has 0 saturated carbocycles. The third kappa shape index (κ3) is 3.05. The van der Waals surface area contributed by atoms with Crippen LogP contribution >= 0.6 is 11.6 Å². The molecule has 3 heteroatoms. The Kier molecular flexibility index (Phi) is 4.50. The molecule has 1 aromatic carbocycles. The number of hydrogen-bond acceptors (Lipinski definition) is 2. The fourth-order valence-electron chi connectivity index (χ4n) is 1.18. The molecule has 0 atom stereocenters. The van der Waals surface area contributed by atoms with Crippen molar-refractivity contribution in [3.05, 3.63) is 40.9 Å². The summed E-state index contributed by atoms with van der Waals surface area (Å²) in [4.78, 5) is 0. The first-order valence-electron chi connectivity index (χ1n) is 4.45. The van der Waals surface area contributed by atoms with E-state index in [0.717, 1.165) is 11.3 Å². The minimum absolute atomic E-state index is 0.472. The molecule has 0 heterocycles. The van der Waals surface area contributed by atoms with Crippen molar-refractivity contribution < 1.29 is 4.74 Å². The predicted octanol–water partition coefficient (Wildman–Crippen LogP) is 2.59. The van der Waals surface area contributed by atoms with Gasteiger partial charge in [0.1, 0.15) is 12.4 Å². The summed E-state index contributed by atoms with van der Waals surface area (Å²) >= 11 is 5.38. The van der Waals surface area contributed by atoms with E-state index < -0.39 is 0 Å². The zero-order valence-electron chi connectivity index (χ0n) is 8.16. The van der Waals surface area contributed by atoms with Crippen LogP contribution in [-0.2, 0) is 6.54 Å². The van der Waals surface area contributed by atoms with E-state index in [1.807, 2.05) is 25.1 Å². The average Bonchev–Trinajstić information content (AvgIpc) is 2.20. The molecule has 2 nitrogen and oxygen atoms in total. The van der Waals surface area contributed by atoms with Gasteiger partial charge in [0.15, 0.2) is 0 Å². The largest absolute Gasteiger partial charge is 0.489 e. The summed E-state index contributed by atoms with van der Waals surface area (Å²) < 4.78 is 5.47. The lowest BCUT2D eigenvalue weighted by Crippen LogP contribution is -2.02. The molecule has 14 heavy (non-hydrogen) atoms. The van der Waals surface area contributed by atoms with Gasteiger partial charge in [-0.15, -0.1) is 0 Å². The highest BCUT2D eigenvalue weighted by Gasteiger charge is 2.00. The van der Waals surface area contributed by atoms with Gasteiger partial charge < -0.3 is 10.5 Å². The zero-order valence-corrected chi connectivity index (χ0v) is 8.92. The summed E-state index contributed by atoms with van der Waals surface area (Å²) in [5.41, 5.74) is 9.25. The second kappa shape index (κ2) is 5.68. The molecule has 0 aliphatic carbocycles. The Balaban J connectivity index is 2.74. The Morgan fingerprint density at radius 1 is 1.50 bits per heavy atom. The summed E-state index contributed by atoms with van der Waals surface area (Å²) in [6.07, 6.45) is 1.74. The molecule has 0 radical (unpaired) electrons. The van der Waals surface area contributed by atoms with Gasteiger partial charge in [0.2, 0.25) is 0 Å². The van der Waals surface area contributed by atoms with Crippen molar-refractivity contribution in [2.45, 2.75) is 13.5 Å². The van der Waals surface area contributed by atoms with Gasteiger partial charge in [0.25, 0.3) is 0 Å². The molecular formula is C11H14ClNO. The van der Waals surface area contributed by atoms with Crippen LogP contribution in [0.25, 0.3) is 0 Å². The maximum absolute atomic E-state index is 5.60. The van der Waals surface area contributed by atoms with Crippen LogP contribution < -0.4 is 10.5 Å². The van der Waals surface area contributed by atoms with Crippen molar-refractivity contribution in [2.75, 3.05) is 6.61 Å². The molecule has 0 saturated heterocycles. The highest BCUT2D eigenvalue weighted by molar-refractivity contribution is 6.25. The number of ether oxygens (including phenoxy) is 1. The van der Waals surface area contributed by atoms with Gasteiger partial charge in [-0.25, -0.2) is 0 Å². The molecule has 1 rings (SSSR count). The smallest absolute Gasteiger partial charge is 0.124 e. The molecule has 0 unspecified atom stereocenters. The van der Waals surface area contributed by atoms with Gasteiger partial charge in [-0.2, -0.15) is 0 Å². The number of rotatable bonds is 4. The Bertz CT molecular complexity index is 323. The molecule has 0 aliphatic heterocycles. The lowest BCUT2D eigenvalue weighted by atomic mass is 10.1. The van der Waals surface area contributed by atoms with E-state index in [9.17, 15) is 0 Å². The maximum Gasteiger partial charge on any atom is 0.124 e. The van der Waals surface area contributed by atoms with Gasteiger partial charge in [-0.1, -0.05) is 29.3 Å². The van der Waals surface area contributed by atoms with Gasteiger partial charge in [0.05, 0.1) is 0 Å². The number of nitrogens with two attached hydrogens (primary N) is 1. The van der Waals surface area contributed by atoms with Crippen molar-refractivity contribution in [1.29, 1.82) is 0 Å². The predicted molar refractivity (Wildman–Crippen MR) is 59.6 cm³/mol. The minimum Gasteiger partial charge on any atom is -0.489 e. The molecule has 2 N–H and O–H groups in total. The monoisotopic (exact) mass is 211 g/mol. The molecule has 0 aromatic heterocycles. The highest BCUT2D eigenvalue weighted by Crippen LogP contribution is 2.19. The number of benzene rings is 1. The summed E-state index contributed by atoms with van der Waals surface area (Å²) in [5, 5.41) is 0. The fourth-order valence-corrected chi connectivity index (χ4v) is 1.26. The van der Waals surface area contributed by atoms with Crippen LogP contribution in [0.1, 0.15) is 11.1 Å². The van der Waals surface area contributed by atoms with Crippen LogP contribution in [0.5, 0.6) is 5.75 Å². The van der Waals surface area contributed by atoms with E-state index in [1.165, 1.54) is 11.1 Å². The minimum atomic E-state index is 0.472. The Morgan fingerprint density at radius 3 is 2.93 bits per heavy atom. The molecule has 0 amide bonds.